The highest BCUT2D eigenvalue weighted by molar-refractivity contribution is 9.10. The van der Waals surface area contributed by atoms with Crippen molar-refractivity contribution in [1.29, 1.82) is 0 Å². The van der Waals surface area contributed by atoms with E-state index in [1.807, 2.05) is 6.07 Å². The Labute approximate surface area is 81.1 Å². The van der Waals surface area contributed by atoms with E-state index in [4.69, 9.17) is 4.74 Å². The molecule has 0 saturated heterocycles. The quantitative estimate of drug-likeness (QED) is 0.796. The summed E-state index contributed by atoms with van der Waals surface area (Å²) in [6.07, 6.45) is 3.45. The molecule has 0 unspecified atom stereocenters. The largest absolute Gasteiger partial charge is 0.492 e. The second-order valence-corrected chi connectivity index (χ2v) is 3.87. The van der Waals surface area contributed by atoms with E-state index >= 15 is 0 Å². The van der Waals surface area contributed by atoms with Crippen molar-refractivity contribution in [2.75, 3.05) is 6.61 Å². The summed E-state index contributed by atoms with van der Waals surface area (Å²) in [6, 6.07) is 1.85. The molecule has 0 bridgehead atoms. The molecule has 0 radical (unpaired) electrons. The van der Waals surface area contributed by atoms with Gasteiger partial charge in [0.25, 0.3) is 0 Å². The summed E-state index contributed by atoms with van der Waals surface area (Å²) < 4.78 is 6.42. The third-order valence-corrected chi connectivity index (χ3v) is 1.90. The summed E-state index contributed by atoms with van der Waals surface area (Å²) in [5, 5.41) is 0. The predicted molar refractivity (Wildman–Crippen MR) is 52.3 cm³/mol. The molecule has 0 saturated carbocycles. The fourth-order valence-electron chi connectivity index (χ4n) is 0.736. The summed E-state index contributed by atoms with van der Waals surface area (Å²) in [5.41, 5.74) is 0. The van der Waals surface area contributed by atoms with Gasteiger partial charge in [-0.05, 0) is 27.9 Å². The Hall–Kier alpha value is -0.570. The molecule has 3 heteroatoms. The van der Waals surface area contributed by atoms with E-state index in [0.29, 0.717) is 5.92 Å². The number of hydrogen-bond acceptors (Lipinski definition) is 2. The van der Waals surface area contributed by atoms with Gasteiger partial charge >= 0.3 is 0 Å². The van der Waals surface area contributed by atoms with Crippen LogP contribution in [0.1, 0.15) is 13.8 Å². The van der Waals surface area contributed by atoms with E-state index in [1.54, 1.807) is 12.4 Å². The fourth-order valence-corrected chi connectivity index (χ4v) is 1.10. The van der Waals surface area contributed by atoms with Gasteiger partial charge in [0.2, 0.25) is 0 Å². The molecule has 2 nitrogen and oxygen atoms in total. The Kier molecular flexibility index (Phi) is 3.53. The molecule has 1 aromatic rings. The lowest BCUT2D eigenvalue weighted by atomic mass is 10.2. The van der Waals surface area contributed by atoms with Gasteiger partial charge in [-0.2, -0.15) is 0 Å². The normalized spacial score (nSPS) is 10.3. The zero-order chi connectivity index (χ0) is 8.97. The Morgan fingerprint density at radius 1 is 1.58 bits per heavy atom. The molecule has 1 heterocycles. The lowest BCUT2D eigenvalue weighted by molar-refractivity contribution is 0.269. The maximum atomic E-state index is 5.51. The summed E-state index contributed by atoms with van der Waals surface area (Å²) in [6.45, 7) is 4.98. The molecule has 0 aliphatic rings. The van der Waals surface area contributed by atoms with Crippen LogP contribution in [0.4, 0.5) is 0 Å². The number of hydrogen-bond donors (Lipinski definition) is 0. The molecular weight excluding hydrogens is 218 g/mol. The summed E-state index contributed by atoms with van der Waals surface area (Å²) in [5.74, 6) is 1.41. The standard InChI is InChI=1S/C9H12BrNO/c1-7(2)6-12-9-3-4-11-5-8(9)10/h3-5,7H,6H2,1-2H3. The van der Waals surface area contributed by atoms with E-state index in [1.165, 1.54) is 0 Å². The first-order valence-corrected chi connectivity index (χ1v) is 4.71. The number of halogens is 1. The SMILES string of the molecule is CC(C)COc1ccncc1Br. The van der Waals surface area contributed by atoms with Crippen molar-refractivity contribution in [2.45, 2.75) is 13.8 Å². The molecule has 12 heavy (non-hydrogen) atoms. The lowest BCUT2D eigenvalue weighted by Crippen LogP contribution is -2.04. The van der Waals surface area contributed by atoms with Crippen LogP contribution in [0.2, 0.25) is 0 Å². The van der Waals surface area contributed by atoms with Crippen molar-refractivity contribution < 1.29 is 4.74 Å². The molecule has 0 atom stereocenters. The van der Waals surface area contributed by atoms with Crippen LogP contribution < -0.4 is 4.74 Å². The Balaban J connectivity index is 2.57. The van der Waals surface area contributed by atoms with Gasteiger partial charge in [0.15, 0.2) is 0 Å². The second-order valence-electron chi connectivity index (χ2n) is 3.01. The minimum Gasteiger partial charge on any atom is -0.492 e. The van der Waals surface area contributed by atoms with Gasteiger partial charge in [0.05, 0.1) is 11.1 Å². The van der Waals surface area contributed by atoms with Crippen LogP contribution in [-0.2, 0) is 0 Å². The summed E-state index contributed by atoms with van der Waals surface area (Å²) >= 11 is 3.36. The average Bonchev–Trinajstić information content (AvgIpc) is 2.03. The fraction of sp³-hybridized carbons (Fsp3) is 0.444. The Morgan fingerprint density at radius 2 is 2.33 bits per heavy atom. The van der Waals surface area contributed by atoms with Crippen molar-refractivity contribution in [3.63, 3.8) is 0 Å². The third-order valence-electron chi connectivity index (χ3n) is 1.31. The van der Waals surface area contributed by atoms with Crippen LogP contribution >= 0.6 is 15.9 Å². The number of nitrogens with zero attached hydrogens (tertiary/aromatic N) is 1. The predicted octanol–water partition coefficient (Wildman–Crippen LogP) is 2.88. The zero-order valence-electron chi connectivity index (χ0n) is 7.25. The first kappa shape index (κ1) is 9.52. The molecule has 66 valence electrons. The molecule has 0 fully saturated rings. The van der Waals surface area contributed by atoms with Crippen LogP contribution in [0.15, 0.2) is 22.9 Å². The van der Waals surface area contributed by atoms with E-state index in [-0.39, 0.29) is 0 Å². The van der Waals surface area contributed by atoms with Gasteiger partial charge in [-0.1, -0.05) is 13.8 Å². The second kappa shape index (κ2) is 4.45. The van der Waals surface area contributed by atoms with E-state index in [0.717, 1.165) is 16.8 Å². The minimum absolute atomic E-state index is 0.546. The van der Waals surface area contributed by atoms with E-state index in [2.05, 4.69) is 34.8 Å². The smallest absolute Gasteiger partial charge is 0.136 e. The topological polar surface area (TPSA) is 22.1 Å². The Bertz CT molecular complexity index is 250. The average molecular weight is 230 g/mol. The maximum Gasteiger partial charge on any atom is 0.136 e. The number of aromatic nitrogens is 1. The van der Waals surface area contributed by atoms with Crippen molar-refractivity contribution in [3.05, 3.63) is 22.9 Å². The van der Waals surface area contributed by atoms with Crippen LogP contribution in [-0.4, -0.2) is 11.6 Å². The third kappa shape index (κ3) is 2.81. The van der Waals surface area contributed by atoms with Gasteiger partial charge in [0, 0.05) is 12.4 Å². The van der Waals surface area contributed by atoms with Crippen LogP contribution in [0.5, 0.6) is 5.75 Å². The maximum absolute atomic E-state index is 5.51. The van der Waals surface area contributed by atoms with Gasteiger partial charge in [0.1, 0.15) is 5.75 Å². The minimum atomic E-state index is 0.546. The summed E-state index contributed by atoms with van der Waals surface area (Å²) in [4.78, 5) is 3.95. The first-order valence-electron chi connectivity index (χ1n) is 3.92. The molecule has 0 aliphatic carbocycles. The lowest BCUT2D eigenvalue weighted by Gasteiger charge is -2.09. The van der Waals surface area contributed by atoms with Crippen LogP contribution in [0.3, 0.4) is 0 Å². The molecule has 0 N–H and O–H groups in total. The molecule has 1 rings (SSSR count). The van der Waals surface area contributed by atoms with Crippen molar-refractivity contribution in [3.8, 4) is 5.75 Å². The molecule has 0 aromatic carbocycles. The summed E-state index contributed by atoms with van der Waals surface area (Å²) in [7, 11) is 0. The van der Waals surface area contributed by atoms with Crippen molar-refractivity contribution in [1.82, 2.24) is 4.98 Å². The van der Waals surface area contributed by atoms with E-state index < -0.39 is 0 Å². The monoisotopic (exact) mass is 229 g/mol. The number of ether oxygens (including phenoxy) is 1. The highest BCUT2D eigenvalue weighted by Gasteiger charge is 2.00. The van der Waals surface area contributed by atoms with Crippen LogP contribution in [0, 0.1) is 5.92 Å². The molecular formula is C9H12BrNO. The van der Waals surface area contributed by atoms with Gasteiger partial charge in [-0.25, -0.2) is 0 Å². The van der Waals surface area contributed by atoms with Gasteiger partial charge in [-0.15, -0.1) is 0 Å². The van der Waals surface area contributed by atoms with Crippen LogP contribution in [0.25, 0.3) is 0 Å². The highest BCUT2D eigenvalue weighted by Crippen LogP contribution is 2.22. The highest BCUT2D eigenvalue weighted by atomic mass is 79.9. The number of pyridine rings is 1. The number of rotatable bonds is 3. The Morgan fingerprint density at radius 3 is 2.92 bits per heavy atom. The van der Waals surface area contributed by atoms with Crippen molar-refractivity contribution in [2.24, 2.45) is 5.92 Å². The molecule has 0 spiro atoms. The van der Waals surface area contributed by atoms with Gasteiger partial charge < -0.3 is 4.74 Å². The molecule has 1 aromatic heterocycles. The van der Waals surface area contributed by atoms with Crippen molar-refractivity contribution >= 4 is 15.9 Å². The van der Waals surface area contributed by atoms with Gasteiger partial charge in [-0.3, -0.25) is 4.98 Å². The molecule has 0 amide bonds. The molecule has 0 aliphatic heterocycles. The first-order chi connectivity index (χ1) is 5.70. The zero-order valence-corrected chi connectivity index (χ0v) is 8.84. The van der Waals surface area contributed by atoms with E-state index in [9.17, 15) is 0 Å².